The first-order valence-corrected chi connectivity index (χ1v) is 9.83. The molecule has 5 nitrogen and oxygen atoms in total. The number of carbonyl (C=O) groups is 2. The summed E-state index contributed by atoms with van der Waals surface area (Å²) < 4.78 is 0. The van der Waals surface area contributed by atoms with Crippen LogP contribution in [0.3, 0.4) is 0 Å². The molecule has 1 unspecified atom stereocenters. The second-order valence-corrected chi connectivity index (χ2v) is 8.71. The van der Waals surface area contributed by atoms with Crippen LogP contribution in [0.5, 0.6) is 0 Å². The number of fused-ring (bicyclic) bond motifs is 1. The van der Waals surface area contributed by atoms with Crippen LogP contribution in [-0.4, -0.2) is 31.4 Å². The van der Waals surface area contributed by atoms with E-state index in [2.05, 4.69) is 19.2 Å². The maximum Gasteiger partial charge on any atom is 0.280 e. The molecule has 1 saturated heterocycles. The van der Waals surface area contributed by atoms with Gasteiger partial charge in [0.15, 0.2) is 6.54 Å². The minimum Gasteiger partial charge on any atom is -0.365 e. The van der Waals surface area contributed by atoms with Crippen molar-refractivity contribution in [2.24, 2.45) is 17.6 Å². The number of piperidine rings is 1. The summed E-state index contributed by atoms with van der Waals surface area (Å²) in [5, 5.41) is 3.65. The number of hydrogen-bond acceptors (Lipinski definition) is 3. The highest BCUT2D eigenvalue weighted by molar-refractivity contribution is 7.17. The predicted octanol–water partition coefficient (Wildman–Crippen LogP) is 1.23. The van der Waals surface area contributed by atoms with Crippen LogP contribution in [-0.2, 0) is 17.6 Å². The van der Waals surface area contributed by atoms with Gasteiger partial charge in [0.25, 0.3) is 11.8 Å². The molecule has 2 aliphatic rings. The lowest BCUT2D eigenvalue weighted by atomic mass is 9.92. The first-order chi connectivity index (χ1) is 11.4. The van der Waals surface area contributed by atoms with Gasteiger partial charge in [-0.05, 0) is 37.7 Å². The Morgan fingerprint density at radius 2 is 1.88 bits per heavy atom. The van der Waals surface area contributed by atoms with Crippen molar-refractivity contribution in [1.29, 1.82) is 0 Å². The molecule has 2 heterocycles. The van der Waals surface area contributed by atoms with Gasteiger partial charge in [0.2, 0.25) is 0 Å². The van der Waals surface area contributed by atoms with E-state index in [-0.39, 0.29) is 5.91 Å². The zero-order valence-corrected chi connectivity index (χ0v) is 15.4. The first kappa shape index (κ1) is 17.4. The molecule has 24 heavy (non-hydrogen) atoms. The lowest BCUT2D eigenvalue weighted by Crippen LogP contribution is -3.15. The highest BCUT2D eigenvalue weighted by Gasteiger charge is 2.29. The summed E-state index contributed by atoms with van der Waals surface area (Å²) in [5.41, 5.74) is 7.22. The molecule has 1 aliphatic carbocycles. The fraction of sp³-hybridized carbons (Fsp3) is 0.667. The Bertz CT molecular complexity index is 630. The Labute approximate surface area is 147 Å². The van der Waals surface area contributed by atoms with Crippen LogP contribution in [0.1, 0.15) is 53.9 Å². The van der Waals surface area contributed by atoms with E-state index in [1.807, 2.05) is 0 Å². The van der Waals surface area contributed by atoms with Crippen molar-refractivity contribution in [1.82, 2.24) is 0 Å². The van der Waals surface area contributed by atoms with Gasteiger partial charge >= 0.3 is 0 Å². The van der Waals surface area contributed by atoms with Crippen molar-refractivity contribution in [3.05, 3.63) is 16.0 Å². The number of likely N-dealkylation sites (tertiary alicyclic amines) is 1. The molecule has 0 aromatic carbocycles. The van der Waals surface area contributed by atoms with Gasteiger partial charge in [-0.2, -0.15) is 0 Å². The molecule has 1 aromatic rings. The number of quaternary nitrogens is 1. The van der Waals surface area contributed by atoms with Crippen molar-refractivity contribution in [2.45, 2.75) is 46.0 Å². The average molecular weight is 351 g/mol. The predicted molar refractivity (Wildman–Crippen MR) is 96.6 cm³/mol. The number of nitrogens with one attached hydrogen (secondary N) is 2. The molecular weight excluding hydrogens is 322 g/mol. The lowest BCUT2D eigenvalue weighted by Gasteiger charge is -2.31. The molecule has 1 fully saturated rings. The minimum absolute atomic E-state index is 0.00704. The van der Waals surface area contributed by atoms with Crippen LogP contribution in [0.25, 0.3) is 0 Å². The van der Waals surface area contributed by atoms with E-state index in [0.29, 0.717) is 28.9 Å². The van der Waals surface area contributed by atoms with Gasteiger partial charge in [-0.3, -0.25) is 9.59 Å². The van der Waals surface area contributed by atoms with E-state index in [1.54, 1.807) is 0 Å². The quantitative estimate of drug-likeness (QED) is 0.764. The van der Waals surface area contributed by atoms with Crippen LogP contribution in [0.15, 0.2) is 0 Å². The van der Waals surface area contributed by atoms with Crippen molar-refractivity contribution in [3.8, 4) is 0 Å². The zero-order chi connectivity index (χ0) is 17.3. The number of rotatable bonds is 4. The topological polar surface area (TPSA) is 76.6 Å². The summed E-state index contributed by atoms with van der Waals surface area (Å²) >= 11 is 1.54. The van der Waals surface area contributed by atoms with Gasteiger partial charge in [-0.15, -0.1) is 11.3 Å². The van der Waals surface area contributed by atoms with Crippen LogP contribution >= 0.6 is 11.3 Å². The normalized spacial score (nSPS) is 26.7. The van der Waals surface area contributed by atoms with Gasteiger partial charge in [0, 0.05) is 16.7 Å². The Kier molecular flexibility index (Phi) is 5.25. The number of hydrogen-bond donors (Lipinski definition) is 3. The second-order valence-electron chi connectivity index (χ2n) is 7.61. The smallest absolute Gasteiger partial charge is 0.280 e. The van der Waals surface area contributed by atoms with E-state index in [9.17, 15) is 9.59 Å². The van der Waals surface area contributed by atoms with Crippen LogP contribution in [0.4, 0.5) is 5.00 Å². The number of primary amides is 1. The molecule has 3 atom stereocenters. The summed E-state index contributed by atoms with van der Waals surface area (Å²) in [7, 11) is 0. The SMILES string of the molecule is C[C@@H]1C[C@H](C)C[NH+](CC(=O)Nc2sc3c(c2C(N)=O)CCCC3)C1. The van der Waals surface area contributed by atoms with Crippen LogP contribution in [0, 0.1) is 11.8 Å². The van der Waals surface area contributed by atoms with Crippen molar-refractivity contribution in [2.75, 3.05) is 25.0 Å². The number of anilines is 1. The van der Waals surface area contributed by atoms with Crippen molar-refractivity contribution in [3.63, 3.8) is 0 Å². The maximum absolute atomic E-state index is 12.5. The Morgan fingerprint density at radius 1 is 1.21 bits per heavy atom. The molecule has 0 saturated carbocycles. The van der Waals surface area contributed by atoms with Gasteiger partial charge < -0.3 is 16.0 Å². The first-order valence-electron chi connectivity index (χ1n) is 9.01. The standard InChI is InChI=1S/C18H27N3O2S/c1-11-7-12(2)9-21(8-11)10-15(22)20-18-16(17(19)23)13-5-3-4-6-14(13)24-18/h11-12H,3-10H2,1-2H3,(H2,19,23)(H,20,22)/p+1/t11-,12+. The Morgan fingerprint density at radius 3 is 2.54 bits per heavy atom. The molecule has 0 radical (unpaired) electrons. The summed E-state index contributed by atoms with van der Waals surface area (Å²) in [5.74, 6) is 0.892. The summed E-state index contributed by atoms with van der Waals surface area (Å²) in [6.07, 6.45) is 5.36. The van der Waals surface area contributed by atoms with Crippen molar-refractivity contribution < 1.29 is 14.5 Å². The number of amides is 2. The summed E-state index contributed by atoms with van der Waals surface area (Å²) in [6.45, 7) is 7.07. The number of aryl methyl sites for hydroxylation is 1. The monoisotopic (exact) mass is 350 g/mol. The summed E-state index contributed by atoms with van der Waals surface area (Å²) in [4.78, 5) is 26.9. The number of carbonyl (C=O) groups excluding carboxylic acids is 2. The molecule has 1 aliphatic heterocycles. The highest BCUT2D eigenvalue weighted by Crippen LogP contribution is 2.37. The third-order valence-electron chi connectivity index (χ3n) is 5.16. The molecule has 1 aromatic heterocycles. The number of thiophene rings is 1. The molecule has 132 valence electrons. The van der Waals surface area contributed by atoms with Crippen LogP contribution in [0.2, 0.25) is 0 Å². The molecule has 0 spiro atoms. The van der Waals surface area contributed by atoms with Crippen LogP contribution < -0.4 is 16.0 Å². The van der Waals surface area contributed by atoms with E-state index < -0.39 is 5.91 Å². The third-order valence-corrected chi connectivity index (χ3v) is 6.37. The maximum atomic E-state index is 12.5. The molecular formula is C18H28N3O2S+. The minimum atomic E-state index is -0.419. The highest BCUT2D eigenvalue weighted by atomic mass is 32.1. The van der Waals surface area contributed by atoms with E-state index in [0.717, 1.165) is 44.3 Å². The molecule has 6 heteroatoms. The molecule has 0 bridgehead atoms. The number of nitrogens with two attached hydrogens (primary N) is 1. The third kappa shape index (κ3) is 3.81. The van der Waals surface area contributed by atoms with Gasteiger partial charge in [-0.25, -0.2) is 0 Å². The fourth-order valence-electron chi connectivity index (χ4n) is 4.38. The van der Waals surface area contributed by atoms with E-state index in [4.69, 9.17) is 5.73 Å². The summed E-state index contributed by atoms with van der Waals surface area (Å²) in [6, 6.07) is 0. The average Bonchev–Trinajstić information content (AvgIpc) is 2.83. The second kappa shape index (κ2) is 7.23. The Balaban J connectivity index is 1.70. The van der Waals surface area contributed by atoms with Gasteiger partial charge in [-0.1, -0.05) is 13.8 Å². The van der Waals surface area contributed by atoms with E-state index in [1.165, 1.54) is 27.5 Å². The Hall–Kier alpha value is -1.40. The van der Waals surface area contributed by atoms with Gasteiger partial charge in [0.05, 0.1) is 18.7 Å². The van der Waals surface area contributed by atoms with E-state index >= 15 is 0 Å². The van der Waals surface area contributed by atoms with Crippen molar-refractivity contribution >= 4 is 28.2 Å². The van der Waals surface area contributed by atoms with Gasteiger partial charge in [0.1, 0.15) is 5.00 Å². The largest absolute Gasteiger partial charge is 0.365 e. The zero-order valence-electron chi connectivity index (χ0n) is 14.6. The lowest BCUT2D eigenvalue weighted by molar-refractivity contribution is -0.904. The molecule has 4 N–H and O–H groups in total. The molecule has 2 amide bonds. The molecule has 3 rings (SSSR count). The fourth-order valence-corrected chi connectivity index (χ4v) is 5.69.